The fourth-order valence-corrected chi connectivity index (χ4v) is 2.85. The number of thiophene rings is 1. The standard InChI is InChI=1S/C14H21N3OS/c1-3-5-12(13-6-4-11-19-13)16-14-15-7-8-17(14)9-10-18-2/h4,6-8,11-12H,3,5,9-10H2,1-2H3,(H,15,16). The van der Waals surface area contributed by atoms with Crippen LogP contribution in [0.1, 0.15) is 30.7 Å². The van der Waals surface area contributed by atoms with E-state index >= 15 is 0 Å². The van der Waals surface area contributed by atoms with Gasteiger partial charge in [0.2, 0.25) is 5.95 Å². The minimum Gasteiger partial charge on any atom is -0.383 e. The molecule has 2 heterocycles. The monoisotopic (exact) mass is 279 g/mol. The number of methoxy groups -OCH3 is 1. The van der Waals surface area contributed by atoms with Crippen LogP contribution in [-0.4, -0.2) is 23.3 Å². The lowest BCUT2D eigenvalue weighted by Crippen LogP contribution is -2.14. The van der Waals surface area contributed by atoms with E-state index in [-0.39, 0.29) is 0 Å². The summed E-state index contributed by atoms with van der Waals surface area (Å²) in [7, 11) is 1.72. The molecule has 4 nitrogen and oxygen atoms in total. The summed E-state index contributed by atoms with van der Waals surface area (Å²) in [6, 6.07) is 4.62. The molecular formula is C14H21N3OS. The van der Waals surface area contributed by atoms with Gasteiger partial charge in [0.1, 0.15) is 0 Å². The molecule has 0 amide bonds. The van der Waals surface area contributed by atoms with Gasteiger partial charge in [0.05, 0.1) is 12.6 Å². The van der Waals surface area contributed by atoms with Crippen molar-refractivity contribution in [2.45, 2.75) is 32.4 Å². The Morgan fingerprint density at radius 2 is 2.42 bits per heavy atom. The molecule has 0 radical (unpaired) electrons. The first-order valence-corrected chi connectivity index (χ1v) is 7.53. The van der Waals surface area contributed by atoms with Crippen molar-refractivity contribution in [2.24, 2.45) is 0 Å². The number of hydrogen-bond acceptors (Lipinski definition) is 4. The summed E-state index contributed by atoms with van der Waals surface area (Å²) < 4.78 is 7.22. The first-order valence-electron chi connectivity index (χ1n) is 6.65. The highest BCUT2D eigenvalue weighted by Gasteiger charge is 2.14. The fraction of sp³-hybridized carbons (Fsp3) is 0.500. The van der Waals surface area contributed by atoms with Crippen LogP contribution in [0.5, 0.6) is 0 Å². The number of ether oxygens (including phenoxy) is 1. The van der Waals surface area contributed by atoms with E-state index in [4.69, 9.17) is 4.74 Å². The molecule has 0 aliphatic rings. The zero-order valence-corrected chi connectivity index (χ0v) is 12.3. The molecule has 1 atom stereocenters. The van der Waals surface area contributed by atoms with Gasteiger partial charge in [-0.2, -0.15) is 0 Å². The highest BCUT2D eigenvalue weighted by atomic mass is 32.1. The van der Waals surface area contributed by atoms with Crippen molar-refractivity contribution in [1.29, 1.82) is 0 Å². The second-order valence-corrected chi connectivity index (χ2v) is 5.42. The van der Waals surface area contributed by atoms with Crippen molar-refractivity contribution in [3.63, 3.8) is 0 Å². The third kappa shape index (κ3) is 3.81. The first kappa shape index (κ1) is 14.1. The number of rotatable bonds is 8. The molecule has 0 aliphatic carbocycles. The molecular weight excluding hydrogens is 258 g/mol. The van der Waals surface area contributed by atoms with Crippen molar-refractivity contribution in [3.05, 3.63) is 34.8 Å². The summed E-state index contributed by atoms with van der Waals surface area (Å²) in [5, 5.41) is 5.67. The summed E-state index contributed by atoms with van der Waals surface area (Å²) in [5.41, 5.74) is 0. The predicted molar refractivity (Wildman–Crippen MR) is 79.7 cm³/mol. The lowest BCUT2D eigenvalue weighted by atomic mass is 10.1. The normalized spacial score (nSPS) is 12.5. The van der Waals surface area contributed by atoms with E-state index < -0.39 is 0 Å². The van der Waals surface area contributed by atoms with Crippen LogP contribution in [0.2, 0.25) is 0 Å². The maximum atomic E-state index is 5.12. The van der Waals surface area contributed by atoms with Crippen LogP contribution in [0, 0.1) is 0 Å². The van der Waals surface area contributed by atoms with Gasteiger partial charge in [0.15, 0.2) is 0 Å². The molecule has 0 spiro atoms. The summed E-state index contributed by atoms with van der Waals surface area (Å²) in [5.74, 6) is 0.920. The van der Waals surface area contributed by atoms with E-state index in [0.717, 1.165) is 25.3 Å². The maximum Gasteiger partial charge on any atom is 0.203 e. The maximum absolute atomic E-state index is 5.12. The third-order valence-corrected chi connectivity index (χ3v) is 4.01. The average Bonchev–Trinajstić information content (AvgIpc) is 3.07. The van der Waals surface area contributed by atoms with Crippen LogP contribution in [0.4, 0.5) is 5.95 Å². The zero-order chi connectivity index (χ0) is 13.5. The summed E-state index contributed by atoms with van der Waals surface area (Å²) in [6.07, 6.45) is 6.07. The Morgan fingerprint density at radius 1 is 1.53 bits per heavy atom. The zero-order valence-electron chi connectivity index (χ0n) is 11.5. The molecule has 1 N–H and O–H groups in total. The lowest BCUT2D eigenvalue weighted by molar-refractivity contribution is 0.187. The van der Waals surface area contributed by atoms with Crippen LogP contribution < -0.4 is 5.32 Å². The molecule has 2 rings (SSSR count). The van der Waals surface area contributed by atoms with E-state index in [2.05, 4.69) is 39.3 Å². The smallest absolute Gasteiger partial charge is 0.203 e. The molecule has 0 fully saturated rings. The Kier molecular flexibility index (Phi) is 5.42. The molecule has 2 aromatic rings. The van der Waals surface area contributed by atoms with Gasteiger partial charge in [-0.3, -0.25) is 0 Å². The van der Waals surface area contributed by atoms with Gasteiger partial charge in [0, 0.05) is 30.9 Å². The van der Waals surface area contributed by atoms with E-state index in [1.165, 1.54) is 4.88 Å². The second kappa shape index (κ2) is 7.31. The van der Waals surface area contributed by atoms with Gasteiger partial charge < -0.3 is 14.6 Å². The Bertz CT molecular complexity index is 467. The molecule has 104 valence electrons. The van der Waals surface area contributed by atoms with Crippen LogP contribution in [0.15, 0.2) is 29.9 Å². The van der Waals surface area contributed by atoms with Gasteiger partial charge in [0.25, 0.3) is 0 Å². The summed E-state index contributed by atoms with van der Waals surface area (Å²) >= 11 is 1.79. The molecule has 0 aliphatic heterocycles. The first-order chi connectivity index (χ1) is 9.35. The molecule has 5 heteroatoms. The SMILES string of the molecule is CCCC(Nc1nccn1CCOC)c1cccs1. The minimum absolute atomic E-state index is 0.341. The molecule has 2 aromatic heterocycles. The van der Waals surface area contributed by atoms with E-state index in [1.54, 1.807) is 18.4 Å². The number of hydrogen-bond donors (Lipinski definition) is 1. The minimum atomic E-state index is 0.341. The topological polar surface area (TPSA) is 39.1 Å². The predicted octanol–water partition coefficient (Wildman–Crippen LogP) is 3.54. The summed E-state index contributed by atoms with van der Waals surface area (Å²) in [6.45, 7) is 3.73. The van der Waals surface area contributed by atoms with Gasteiger partial charge in [-0.1, -0.05) is 19.4 Å². The van der Waals surface area contributed by atoms with E-state index in [1.807, 2.05) is 12.4 Å². The van der Waals surface area contributed by atoms with Crippen LogP contribution >= 0.6 is 11.3 Å². The Hall–Kier alpha value is -1.33. The molecule has 0 saturated heterocycles. The van der Waals surface area contributed by atoms with Gasteiger partial charge in [-0.15, -0.1) is 11.3 Å². The molecule has 1 unspecified atom stereocenters. The van der Waals surface area contributed by atoms with Crippen molar-refractivity contribution in [2.75, 3.05) is 19.0 Å². The van der Waals surface area contributed by atoms with E-state index in [9.17, 15) is 0 Å². The third-order valence-electron chi connectivity index (χ3n) is 3.02. The van der Waals surface area contributed by atoms with E-state index in [0.29, 0.717) is 12.6 Å². The Balaban J connectivity index is 2.06. The highest BCUT2D eigenvalue weighted by Crippen LogP contribution is 2.26. The largest absolute Gasteiger partial charge is 0.383 e. The fourth-order valence-electron chi connectivity index (χ4n) is 2.04. The Labute approximate surface area is 118 Å². The molecule has 0 saturated carbocycles. The number of aromatic nitrogens is 2. The number of anilines is 1. The van der Waals surface area contributed by atoms with Crippen LogP contribution in [-0.2, 0) is 11.3 Å². The van der Waals surface area contributed by atoms with Crippen LogP contribution in [0.3, 0.4) is 0 Å². The lowest BCUT2D eigenvalue weighted by Gasteiger charge is -2.18. The van der Waals surface area contributed by atoms with Crippen molar-refractivity contribution in [3.8, 4) is 0 Å². The molecule has 0 aromatic carbocycles. The van der Waals surface area contributed by atoms with Gasteiger partial charge >= 0.3 is 0 Å². The van der Waals surface area contributed by atoms with Gasteiger partial charge in [-0.05, 0) is 17.9 Å². The summed E-state index contributed by atoms with van der Waals surface area (Å²) in [4.78, 5) is 5.77. The Morgan fingerprint density at radius 3 is 3.11 bits per heavy atom. The number of nitrogens with zero attached hydrogens (tertiary/aromatic N) is 2. The quantitative estimate of drug-likeness (QED) is 0.803. The van der Waals surface area contributed by atoms with Crippen molar-refractivity contribution >= 4 is 17.3 Å². The molecule has 19 heavy (non-hydrogen) atoms. The van der Waals surface area contributed by atoms with Crippen molar-refractivity contribution in [1.82, 2.24) is 9.55 Å². The molecule has 0 bridgehead atoms. The number of nitrogens with one attached hydrogen (secondary N) is 1. The average molecular weight is 279 g/mol. The van der Waals surface area contributed by atoms with Crippen LogP contribution in [0.25, 0.3) is 0 Å². The highest BCUT2D eigenvalue weighted by molar-refractivity contribution is 7.10. The second-order valence-electron chi connectivity index (χ2n) is 4.44. The van der Waals surface area contributed by atoms with Gasteiger partial charge in [-0.25, -0.2) is 4.98 Å². The number of imidazole rings is 1. The van der Waals surface area contributed by atoms with Crippen molar-refractivity contribution < 1.29 is 4.74 Å².